The van der Waals surface area contributed by atoms with Crippen LogP contribution in [0.3, 0.4) is 0 Å². The Morgan fingerprint density at radius 3 is 2.10 bits per heavy atom. The molecule has 4 aromatic rings. The first-order valence-corrected chi connectivity index (χ1v) is 15.4. The van der Waals surface area contributed by atoms with Gasteiger partial charge in [-0.3, -0.25) is 13.9 Å². The van der Waals surface area contributed by atoms with Crippen molar-refractivity contribution in [3.8, 4) is 0 Å². The van der Waals surface area contributed by atoms with E-state index in [0.29, 0.717) is 21.8 Å². The second-order valence-electron chi connectivity index (χ2n) is 10.1. The van der Waals surface area contributed by atoms with Crippen molar-refractivity contribution in [1.29, 1.82) is 0 Å². The third-order valence-corrected chi connectivity index (χ3v) is 9.00. The number of halogens is 1. The zero-order valence-electron chi connectivity index (χ0n) is 23.8. The number of sulfonamides is 1. The molecule has 0 unspecified atom stereocenters. The summed E-state index contributed by atoms with van der Waals surface area (Å²) in [5.74, 6) is -0.891. The van der Waals surface area contributed by atoms with Gasteiger partial charge in [0.25, 0.3) is 10.0 Å². The van der Waals surface area contributed by atoms with Crippen LogP contribution < -0.4 is 9.62 Å². The van der Waals surface area contributed by atoms with Gasteiger partial charge in [-0.05, 0) is 60.9 Å². The summed E-state index contributed by atoms with van der Waals surface area (Å²) in [6.45, 7) is 3.27. The van der Waals surface area contributed by atoms with Gasteiger partial charge in [0.1, 0.15) is 12.6 Å². The highest BCUT2D eigenvalue weighted by Gasteiger charge is 2.34. The Bertz CT molecular complexity index is 1650. The van der Waals surface area contributed by atoms with Crippen molar-refractivity contribution in [1.82, 2.24) is 10.2 Å². The summed E-state index contributed by atoms with van der Waals surface area (Å²) in [5.41, 5.74) is 3.63. The second-order valence-corrected chi connectivity index (χ2v) is 12.4. The fraction of sp³-hybridized carbons (Fsp3) is 0.212. The number of nitrogens with zero attached hydrogens (tertiary/aromatic N) is 2. The van der Waals surface area contributed by atoms with E-state index < -0.39 is 28.5 Å². The van der Waals surface area contributed by atoms with Gasteiger partial charge in [0.15, 0.2) is 0 Å². The maximum Gasteiger partial charge on any atom is 0.264 e. The minimum Gasteiger partial charge on any atom is -0.357 e. The molecule has 0 radical (unpaired) electrons. The predicted octanol–water partition coefficient (Wildman–Crippen LogP) is 5.54. The van der Waals surface area contributed by atoms with Gasteiger partial charge in [-0.15, -0.1) is 0 Å². The lowest BCUT2D eigenvalue weighted by Crippen LogP contribution is -2.53. The molecule has 1 atom stereocenters. The molecule has 9 heteroatoms. The molecule has 0 saturated heterocycles. The molecule has 218 valence electrons. The molecule has 4 rings (SSSR count). The number of anilines is 1. The highest BCUT2D eigenvalue weighted by atomic mass is 35.5. The third kappa shape index (κ3) is 7.38. The topological polar surface area (TPSA) is 86.8 Å². The molecule has 0 aromatic heterocycles. The van der Waals surface area contributed by atoms with Gasteiger partial charge in [-0.2, -0.15) is 0 Å². The van der Waals surface area contributed by atoms with E-state index in [1.807, 2.05) is 62.4 Å². The molecule has 42 heavy (non-hydrogen) atoms. The van der Waals surface area contributed by atoms with E-state index in [4.69, 9.17) is 11.6 Å². The van der Waals surface area contributed by atoms with E-state index in [2.05, 4.69) is 5.32 Å². The van der Waals surface area contributed by atoms with Crippen molar-refractivity contribution in [2.75, 3.05) is 17.9 Å². The molecule has 2 amide bonds. The Hall–Kier alpha value is -4.14. The van der Waals surface area contributed by atoms with E-state index in [-0.39, 0.29) is 23.8 Å². The van der Waals surface area contributed by atoms with Crippen LogP contribution in [0.25, 0.3) is 0 Å². The van der Waals surface area contributed by atoms with E-state index in [1.165, 1.54) is 24.1 Å². The first-order valence-electron chi connectivity index (χ1n) is 13.5. The van der Waals surface area contributed by atoms with E-state index >= 15 is 0 Å². The smallest absolute Gasteiger partial charge is 0.264 e. The maximum absolute atomic E-state index is 14.3. The fourth-order valence-corrected chi connectivity index (χ4v) is 6.58. The van der Waals surface area contributed by atoms with E-state index in [1.54, 1.807) is 42.5 Å². The standard InChI is InChI=1S/C33H34ClN3O4S/c1-24-17-18-30(25(2)19-24)37(42(40,41)29-15-8-5-9-16-29)23-32(38)36(22-27-13-10-14-28(34)20-27)31(33(39)35-3)21-26-11-6-4-7-12-26/h4-20,31H,21-23H2,1-3H3,(H,35,39)/t31-/m0/s1. The van der Waals surface area contributed by atoms with E-state index in [0.717, 1.165) is 15.4 Å². The summed E-state index contributed by atoms with van der Waals surface area (Å²) in [4.78, 5) is 29.2. The fourth-order valence-electron chi connectivity index (χ4n) is 4.87. The minimum atomic E-state index is -4.14. The molecule has 0 aliphatic rings. The number of aryl methyl sites for hydroxylation is 2. The average Bonchev–Trinajstić information content (AvgIpc) is 2.98. The van der Waals surface area contributed by atoms with Crippen LogP contribution in [0.1, 0.15) is 22.3 Å². The van der Waals surface area contributed by atoms with Crippen LogP contribution in [0, 0.1) is 13.8 Å². The normalized spacial score (nSPS) is 11.9. The Morgan fingerprint density at radius 1 is 0.833 bits per heavy atom. The quantitative estimate of drug-likeness (QED) is 0.244. The summed E-state index contributed by atoms with van der Waals surface area (Å²) in [6, 6.07) is 28.9. The molecule has 4 aromatic carbocycles. The lowest BCUT2D eigenvalue weighted by molar-refractivity contribution is -0.139. The van der Waals surface area contributed by atoms with Gasteiger partial charge < -0.3 is 10.2 Å². The number of hydrogen-bond acceptors (Lipinski definition) is 4. The van der Waals surface area contributed by atoms with Gasteiger partial charge in [0, 0.05) is 25.0 Å². The molecular weight excluding hydrogens is 570 g/mol. The number of nitrogens with one attached hydrogen (secondary N) is 1. The van der Waals surface area contributed by atoms with Gasteiger partial charge in [0.05, 0.1) is 10.6 Å². The number of benzene rings is 4. The highest BCUT2D eigenvalue weighted by molar-refractivity contribution is 7.92. The third-order valence-electron chi connectivity index (χ3n) is 6.99. The number of hydrogen-bond donors (Lipinski definition) is 1. The summed E-state index contributed by atoms with van der Waals surface area (Å²) in [5, 5.41) is 3.17. The van der Waals surface area contributed by atoms with Crippen molar-refractivity contribution in [2.24, 2.45) is 0 Å². The molecule has 0 spiro atoms. The van der Waals surface area contributed by atoms with E-state index in [9.17, 15) is 18.0 Å². The molecule has 7 nitrogen and oxygen atoms in total. The number of amides is 2. The van der Waals surface area contributed by atoms with Gasteiger partial charge in [0.2, 0.25) is 11.8 Å². The minimum absolute atomic E-state index is 0.0520. The van der Waals surface area contributed by atoms with Crippen LogP contribution in [-0.2, 0) is 32.6 Å². The Kier molecular flexibility index (Phi) is 10.0. The number of carbonyl (C=O) groups excluding carboxylic acids is 2. The molecule has 0 fully saturated rings. The van der Waals surface area contributed by atoms with Crippen LogP contribution >= 0.6 is 11.6 Å². The Balaban J connectivity index is 1.81. The lowest BCUT2D eigenvalue weighted by Gasteiger charge is -2.34. The predicted molar refractivity (Wildman–Crippen MR) is 167 cm³/mol. The number of likely N-dealkylation sites (N-methyl/N-ethyl adjacent to an activating group) is 1. The van der Waals surface area contributed by atoms with Crippen LogP contribution in [0.2, 0.25) is 5.02 Å². The second kappa shape index (κ2) is 13.7. The van der Waals surface area contributed by atoms with Gasteiger partial charge >= 0.3 is 0 Å². The molecular formula is C33H34ClN3O4S. The Morgan fingerprint density at radius 2 is 1.48 bits per heavy atom. The van der Waals surface area contributed by atoms with Crippen LogP contribution in [0.4, 0.5) is 5.69 Å². The molecule has 1 N–H and O–H groups in total. The molecule has 0 saturated carbocycles. The zero-order valence-corrected chi connectivity index (χ0v) is 25.4. The largest absolute Gasteiger partial charge is 0.357 e. The molecule has 0 heterocycles. The first-order chi connectivity index (χ1) is 20.1. The monoisotopic (exact) mass is 603 g/mol. The molecule has 0 aliphatic carbocycles. The molecule has 0 bridgehead atoms. The summed E-state index contributed by atoms with van der Waals surface area (Å²) in [6.07, 6.45) is 0.238. The highest BCUT2D eigenvalue weighted by Crippen LogP contribution is 2.28. The van der Waals surface area contributed by atoms with Gasteiger partial charge in [-0.25, -0.2) is 8.42 Å². The van der Waals surface area contributed by atoms with Crippen LogP contribution in [0.15, 0.2) is 108 Å². The number of carbonyl (C=O) groups is 2. The summed E-state index contributed by atoms with van der Waals surface area (Å²) in [7, 11) is -2.63. The lowest BCUT2D eigenvalue weighted by atomic mass is 10.0. The van der Waals surface area contributed by atoms with Crippen molar-refractivity contribution in [3.63, 3.8) is 0 Å². The zero-order chi connectivity index (χ0) is 30.3. The number of rotatable bonds is 11. The molecule has 0 aliphatic heterocycles. The van der Waals surface area contributed by atoms with Crippen LogP contribution in [-0.4, -0.2) is 44.8 Å². The first kappa shape index (κ1) is 30.8. The summed E-state index contributed by atoms with van der Waals surface area (Å²) >= 11 is 6.26. The maximum atomic E-state index is 14.3. The van der Waals surface area contributed by atoms with Crippen molar-refractivity contribution < 1.29 is 18.0 Å². The van der Waals surface area contributed by atoms with Crippen molar-refractivity contribution >= 4 is 39.1 Å². The van der Waals surface area contributed by atoms with Crippen LogP contribution in [0.5, 0.6) is 0 Å². The average molecular weight is 604 g/mol. The summed E-state index contributed by atoms with van der Waals surface area (Å²) < 4.78 is 29.2. The van der Waals surface area contributed by atoms with Crippen molar-refractivity contribution in [2.45, 2.75) is 37.8 Å². The SMILES string of the molecule is CNC(=O)[C@H](Cc1ccccc1)N(Cc1cccc(Cl)c1)C(=O)CN(c1ccc(C)cc1C)S(=O)(=O)c1ccccc1. The Labute approximate surface area is 252 Å². The van der Waals surface area contributed by atoms with Crippen molar-refractivity contribution in [3.05, 3.63) is 130 Å². The van der Waals surface area contributed by atoms with Gasteiger partial charge in [-0.1, -0.05) is 90.0 Å².